The van der Waals surface area contributed by atoms with Crippen LogP contribution in [0.25, 0.3) is 0 Å². The number of rotatable bonds is 4. The molecule has 0 unspecified atom stereocenters. The number of hydrogen-bond acceptors (Lipinski definition) is 2. The van der Waals surface area contributed by atoms with Gasteiger partial charge in [0.25, 0.3) is 5.56 Å². The summed E-state index contributed by atoms with van der Waals surface area (Å²) in [7, 11) is 0. The van der Waals surface area contributed by atoms with Gasteiger partial charge in [0.15, 0.2) is 0 Å². The molecule has 1 N–H and O–H groups in total. The summed E-state index contributed by atoms with van der Waals surface area (Å²) in [5, 5.41) is 2.88. The van der Waals surface area contributed by atoms with Gasteiger partial charge in [-0.1, -0.05) is 22.0 Å². The normalized spacial score (nSPS) is 11.4. The molecule has 2 rings (SSSR count). The van der Waals surface area contributed by atoms with Gasteiger partial charge in [0.05, 0.1) is 5.56 Å². The number of nitrogens with one attached hydrogen (secondary N) is 1. The maximum absolute atomic E-state index is 12.8. The molecule has 0 fully saturated rings. The molecule has 0 aliphatic carbocycles. The lowest BCUT2D eigenvalue weighted by molar-refractivity contribution is -0.138. The number of aromatic nitrogens is 1. The molecule has 0 amide bonds. The second-order valence-electron chi connectivity index (χ2n) is 4.35. The second-order valence-corrected chi connectivity index (χ2v) is 5.21. The van der Waals surface area contributed by atoms with Gasteiger partial charge in [-0.3, -0.25) is 4.79 Å². The number of hydrogen-bond donors (Lipinski definition) is 1. The third kappa shape index (κ3) is 4.10. The van der Waals surface area contributed by atoms with Gasteiger partial charge in [-0.15, -0.1) is 0 Å². The molecule has 0 saturated carbocycles. The van der Waals surface area contributed by atoms with E-state index in [1.54, 1.807) is 24.4 Å². The molecule has 0 saturated heterocycles. The van der Waals surface area contributed by atoms with E-state index in [1.807, 2.05) is 0 Å². The van der Waals surface area contributed by atoms with Crippen molar-refractivity contribution >= 4 is 21.6 Å². The molecule has 21 heavy (non-hydrogen) atoms. The SMILES string of the molecule is O=c1ccccn1CCNc1ccc(Br)c(C(F)(F)F)c1. The zero-order valence-corrected chi connectivity index (χ0v) is 12.4. The monoisotopic (exact) mass is 360 g/mol. The zero-order valence-electron chi connectivity index (χ0n) is 10.8. The first kappa shape index (κ1) is 15.6. The summed E-state index contributed by atoms with van der Waals surface area (Å²) in [6.07, 6.45) is -2.78. The third-order valence-electron chi connectivity index (χ3n) is 2.85. The zero-order chi connectivity index (χ0) is 15.5. The van der Waals surface area contributed by atoms with Crippen LogP contribution in [-0.4, -0.2) is 11.1 Å². The summed E-state index contributed by atoms with van der Waals surface area (Å²) in [4.78, 5) is 11.5. The van der Waals surface area contributed by atoms with Crippen molar-refractivity contribution in [2.45, 2.75) is 12.7 Å². The predicted molar refractivity (Wildman–Crippen MR) is 78.3 cm³/mol. The minimum atomic E-state index is -4.41. The van der Waals surface area contributed by atoms with Crippen LogP contribution in [0.5, 0.6) is 0 Å². The molecule has 2 aromatic rings. The Kier molecular flexibility index (Phi) is 4.72. The van der Waals surface area contributed by atoms with Gasteiger partial charge >= 0.3 is 6.18 Å². The van der Waals surface area contributed by atoms with E-state index in [1.165, 1.54) is 16.7 Å². The summed E-state index contributed by atoms with van der Waals surface area (Å²) in [5.74, 6) is 0. The minimum absolute atomic E-state index is 0.000159. The van der Waals surface area contributed by atoms with Crippen molar-refractivity contribution in [1.29, 1.82) is 0 Å². The summed E-state index contributed by atoms with van der Waals surface area (Å²) in [5.41, 5.74) is -0.523. The molecule has 0 aliphatic heterocycles. The van der Waals surface area contributed by atoms with Crippen molar-refractivity contribution in [3.8, 4) is 0 Å². The van der Waals surface area contributed by atoms with E-state index in [0.29, 0.717) is 18.8 Å². The second kappa shape index (κ2) is 6.34. The van der Waals surface area contributed by atoms with Gasteiger partial charge in [0.2, 0.25) is 0 Å². The molecule has 1 heterocycles. The number of nitrogens with zero attached hydrogens (tertiary/aromatic N) is 1. The van der Waals surface area contributed by atoms with Crippen LogP contribution in [0.15, 0.2) is 51.9 Å². The number of benzene rings is 1. The quantitative estimate of drug-likeness (QED) is 0.900. The van der Waals surface area contributed by atoms with Gasteiger partial charge in [-0.25, -0.2) is 0 Å². The van der Waals surface area contributed by atoms with E-state index in [4.69, 9.17) is 0 Å². The van der Waals surface area contributed by atoms with Crippen molar-refractivity contribution < 1.29 is 13.2 Å². The van der Waals surface area contributed by atoms with Crippen LogP contribution >= 0.6 is 15.9 Å². The molecule has 0 aliphatic rings. The van der Waals surface area contributed by atoms with Crippen LogP contribution in [0, 0.1) is 0 Å². The standard InChI is InChI=1S/C14H12BrF3N2O/c15-12-5-4-10(9-11(12)14(16,17)18)19-6-8-20-7-2-1-3-13(20)21/h1-5,7,9,19H,6,8H2. The highest BCUT2D eigenvalue weighted by molar-refractivity contribution is 9.10. The van der Waals surface area contributed by atoms with E-state index in [0.717, 1.165) is 6.07 Å². The summed E-state index contributed by atoms with van der Waals surface area (Å²) < 4.78 is 39.8. The minimum Gasteiger partial charge on any atom is -0.383 e. The Labute approximate surface area is 127 Å². The van der Waals surface area contributed by atoms with Gasteiger partial charge in [0.1, 0.15) is 0 Å². The molecule has 1 aromatic heterocycles. The van der Waals surface area contributed by atoms with Crippen molar-refractivity contribution in [3.05, 3.63) is 63.0 Å². The Morgan fingerprint density at radius 3 is 2.62 bits per heavy atom. The fourth-order valence-corrected chi connectivity index (χ4v) is 2.29. The van der Waals surface area contributed by atoms with Crippen LogP contribution in [0.3, 0.4) is 0 Å². The lowest BCUT2D eigenvalue weighted by Gasteiger charge is -2.13. The van der Waals surface area contributed by atoms with E-state index in [2.05, 4.69) is 21.2 Å². The topological polar surface area (TPSA) is 34.0 Å². The maximum Gasteiger partial charge on any atom is 0.417 e. The Morgan fingerprint density at radius 2 is 1.95 bits per heavy atom. The van der Waals surface area contributed by atoms with Gasteiger partial charge in [0, 0.05) is 35.5 Å². The highest BCUT2D eigenvalue weighted by Gasteiger charge is 2.33. The number of halogens is 4. The van der Waals surface area contributed by atoms with Crippen molar-refractivity contribution in [2.75, 3.05) is 11.9 Å². The van der Waals surface area contributed by atoms with Crippen LogP contribution in [0.1, 0.15) is 5.56 Å². The average Bonchev–Trinajstić information content (AvgIpc) is 2.41. The first-order valence-electron chi connectivity index (χ1n) is 6.14. The average molecular weight is 361 g/mol. The molecule has 0 radical (unpaired) electrons. The molecule has 7 heteroatoms. The van der Waals surface area contributed by atoms with Gasteiger partial charge in [-0.2, -0.15) is 13.2 Å². The molecule has 0 spiro atoms. The van der Waals surface area contributed by atoms with E-state index >= 15 is 0 Å². The van der Waals surface area contributed by atoms with Gasteiger partial charge < -0.3 is 9.88 Å². The molecule has 112 valence electrons. The fraction of sp³-hybridized carbons (Fsp3) is 0.214. The first-order valence-corrected chi connectivity index (χ1v) is 6.93. The fourth-order valence-electron chi connectivity index (χ4n) is 1.82. The van der Waals surface area contributed by atoms with Crippen molar-refractivity contribution in [3.63, 3.8) is 0 Å². The molecule has 0 bridgehead atoms. The smallest absolute Gasteiger partial charge is 0.383 e. The highest BCUT2D eigenvalue weighted by Crippen LogP contribution is 2.36. The Bertz CT molecular complexity index is 682. The number of pyridine rings is 1. The van der Waals surface area contributed by atoms with Crippen LogP contribution in [0.2, 0.25) is 0 Å². The molecule has 0 atom stereocenters. The number of alkyl halides is 3. The summed E-state index contributed by atoms with van der Waals surface area (Å²) in [6.45, 7) is 0.722. The van der Waals surface area contributed by atoms with Crippen molar-refractivity contribution in [2.24, 2.45) is 0 Å². The van der Waals surface area contributed by atoms with Gasteiger partial charge in [-0.05, 0) is 24.3 Å². The van der Waals surface area contributed by atoms with E-state index in [9.17, 15) is 18.0 Å². The van der Waals surface area contributed by atoms with Crippen LogP contribution in [0.4, 0.5) is 18.9 Å². The van der Waals surface area contributed by atoms with Crippen LogP contribution < -0.4 is 10.9 Å². The Morgan fingerprint density at radius 1 is 1.19 bits per heavy atom. The summed E-state index contributed by atoms with van der Waals surface area (Å²) in [6, 6.07) is 8.73. The third-order valence-corrected chi connectivity index (χ3v) is 3.54. The molecular formula is C14H12BrF3N2O. The molecule has 3 nitrogen and oxygen atoms in total. The molecule has 1 aromatic carbocycles. The largest absolute Gasteiger partial charge is 0.417 e. The highest BCUT2D eigenvalue weighted by atomic mass is 79.9. The predicted octanol–water partition coefficient (Wildman–Crippen LogP) is 3.74. The number of anilines is 1. The Hall–Kier alpha value is -1.76. The van der Waals surface area contributed by atoms with Crippen LogP contribution in [-0.2, 0) is 12.7 Å². The first-order chi connectivity index (χ1) is 9.88. The van der Waals surface area contributed by atoms with E-state index < -0.39 is 11.7 Å². The molecular weight excluding hydrogens is 349 g/mol. The summed E-state index contributed by atoms with van der Waals surface area (Å²) >= 11 is 2.89. The lowest BCUT2D eigenvalue weighted by Crippen LogP contribution is -2.22. The van der Waals surface area contributed by atoms with Crippen molar-refractivity contribution in [1.82, 2.24) is 4.57 Å². The van der Waals surface area contributed by atoms with E-state index in [-0.39, 0.29) is 10.0 Å². The lowest BCUT2D eigenvalue weighted by atomic mass is 10.2. The Balaban J connectivity index is 2.04. The maximum atomic E-state index is 12.8.